The lowest BCUT2D eigenvalue weighted by atomic mass is 10.1. The van der Waals surface area contributed by atoms with Gasteiger partial charge in [-0.25, -0.2) is 0 Å². The summed E-state index contributed by atoms with van der Waals surface area (Å²) in [4.78, 5) is 4.00. The van der Waals surface area contributed by atoms with Gasteiger partial charge in [-0.1, -0.05) is 18.2 Å². The molecule has 0 aliphatic rings. The molecule has 0 amide bonds. The van der Waals surface area contributed by atoms with E-state index in [9.17, 15) is 8.42 Å². The first kappa shape index (κ1) is 11.6. The third-order valence-corrected chi connectivity index (χ3v) is 2.49. The van der Waals surface area contributed by atoms with E-state index in [1.54, 1.807) is 24.5 Å². The lowest BCUT2D eigenvalue weighted by Gasteiger charge is -2.04. The van der Waals surface area contributed by atoms with Gasteiger partial charge in [-0.3, -0.25) is 4.98 Å². The number of nitrogens with zero attached hydrogens (tertiary/aromatic N) is 1. The molecule has 0 saturated carbocycles. The highest BCUT2D eigenvalue weighted by molar-refractivity contribution is 7.84. The van der Waals surface area contributed by atoms with Gasteiger partial charge in [0.15, 0.2) is 0 Å². The summed E-state index contributed by atoms with van der Waals surface area (Å²) in [5.41, 5.74) is 1.86. The van der Waals surface area contributed by atoms with Crippen LogP contribution < -0.4 is 9.32 Å². The summed E-state index contributed by atoms with van der Waals surface area (Å²) < 4.78 is 25.9. The first-order valence-corrected chi connectivity index (χ1v) is 6.24. The van der Waals surface area contributed by atoms with Crippen LogP contribution in [0.15, 0.2) is 48.8 Å². The summed E-state index contributed by atoms with van der Waals surface area (Å²) in [5, 5.41) is 4.76. The molecule has 0 aliphatic heterocycles. The van der Waals surface area contributed by atoms with Crippen molar-refractivity contribution in [2.24, 2.45) is 5.14 Å². The van der Waals surface area contributed by atoms with Crippen LogP contribution in [0.5, 0.6) is 5.75 Å². The highest BCUT2D eigenvalue weighted by Crippen LogP contribution is 2.21. The molecule has 2 rings (SSSR count). The van der Waals surface area contributed by atoms with Gasteiger partial charge in [0.05, 0.1) is 0 Å². The molecule has 1 aromatic carbocycles. The molecule has 1 heterocycles. The maximum Gasteiger partial charge on any atom is 0.380 e. The minimum Gasteiger partial charge on any atom is -0.371 e. The zero-order chi connectivity index (χ0) is 12.3. The van der Waals surface area contributed by atoms with Crippen LogP contribution in [0.4, 0.5) is 0 Å². The number of hydrogen-bond donors (Lipinski definition) is 1. The van der Waals surface area contributed by atoms with Gasteiger partial charge in [-0.05, 0) is 29.3 Å². The second kappa shape index (κ2) is 4.52. The van der Waals surface area contributed by atoms with E-state index in [0.29, 0.717) is 0 Å². The predicted octanol–water partition coefficient (Wildman–Crippen LogP) is 1.33. The zero-order valence-corrected chi connectivity index (χ0v) is 9.59. The standard InChI is InChI=1S/C11H10N2O3S/c12-17(14,15)16-11-5-3-9(4-6-11)10-2-1-7-13-8-10/h1-8H,(H2,12,14,15). The van der Waals surface area contributed by atoms with Gasteiger partial charge in [-0.15, -0.1) is 0 Å². The molecule has 0 radical (unpaired) electrons. The molecule has 2 aromatic rings. The summed E-state index contributed by atoms with van der Waals surface area (Å²) >= 11 is 0. The fourth-order valence-corrected chi connectivity index (χ4v) is 1.75. The Morgan fingerprint density at radius 2 is 1.76 bits per heavy atom. The van der Waals surface area contributed by atoms with Crippen LogP contribution in [0.25, 0.3) is 11.1 Å². The molecule has 1 aromatic heterocycles. The summed E-state index contributed by atoms with van der Waals surface area (Å²) in [7, 11) is -3.97. The van der Waals surface area contributed by atoms with Crippen LogP contribution >= 0.6 is 0 Å². The molecule has 2 N–H and O–H groups in total. The first-order valence-electron chi connectivity index (χ1n) is 4.77. The number of hydrogen-bond acceptors (Lipinski definition) is 4. The van der Waals surface area contributed by atoms with Gasteiger partial charge < -0.3 is 4.18 Å². The lowest BCUT2D eigenvalue weighted by Crippen LogP contribution is -2.18. The van der Waals surface area contributed by atoms with Crippen LogP contribution in [0.3, 0.4) is 0 Å². The van der Waals surface area contributed by atoms with Gasteiger partial charge in [0, 0.05) is 12.4 Å². The Morgan fingerprint density at radius 1 is 1.06 bits per heavy atom. The fraction of sp³-hybridized carbons (Fsp3) is 0. The molecule has 17 heavy (non-hydrogen) atoms. The number of benzene rings is 1. The minimum absolute atomic E-state index is 0.181. The van der Waals surface area contributed by atoms with Crippen LogP contribution in [0, 0.1) is 0 Å². The van der Waals surface area contributed by atoms with E-state index in [4.69, 9.17) is 5.14 Å². The topological polar surface area (TPSA) is 82.3 Å². The van der Waals surface area contributed by atoms with Crippen molar-refractivity contribution in [1.29, 1.82) is 0 Å². The minimum atomic E-state index is -3.97. The Hall–Kier alpha value is -1.92. The van der Waals surface area contributed by atoms with E-state index < -0.39 is 10.3 Å². The van der Waals surface area contributed by atoms with Crippen LogP contribution in [0.1, 0.15) is 0 Å². The fourth-order valence-electron chi connectivity index (χ4n) is 1.37. The summed E-state index contributed by atoms with van der Waals surface area (Å²) in [6, 6.07) is 10.3. The van der Waals surface area contributed by atoms with Crippen molar-refractivity contribution in [3.8, 4) is 16.9 Å². The van der Waals surface area contributed by atoms with Crippen molar-refractivity contribution in [3.05, 3.63) is 48.8 Å². The summed E-state index contributed by atoms with van der Waals surface area (Å²) in [6.07, 6.45) is 3.40. The van der Waals surface area contributed by atoms with E-state index in [1.165, 1.54) is 12.1 Å². The highest BCUT2D eigenvalue weighted by atomic mass is 32.2. The molecule has 0 fully saturated rings. The average Bonchev–Trinajstić information content (AvgIpc) is 2.29. The molecule has 0 unspecified atom stereocenters. The molecule has 0 atom stereocenters. The van der Waals surface area contributed by atoms with Crippen LogP contribution in [-0.2, 0) is 10.3 Å². The third-order valence-electron chi connectivity index (χ3n) is 2.06. The van der Waals surface area contributed by atoms with E-state index in [1.807, 2.05) is 12.1 Å². The summed E-state index contributed by atoms with van der Waals surface area (Å²) in [5.74, 6) is 0.181. The second-order valence-electron chi connectivity index (χ2n) is 3.34. The Bertz CT molecular complexity index is 594. The van der Waals surface area contributed by atoms with Gasteiger partial charge in [-0.2, -0.15) is 13.6 Å². The molecule has 0 aliphatic carbocycles. The largest absolute Gasteiger partial charge is 0.380 e. The van der Waals surface area contributed by atoms with Gasteiger partial charge in [0.2, 0.25) is 0 Å². The van der Waals surface area contributed by atoms with E-state index in [2.05, 4.69) is 9.17 Å². The molecular formula is C11H10N2O3S. The first-order chi connectivity index (χ1) is 8.04. The van der Waals surface area contributed by atoms with E-state index in [-0.39, 0.29) is 5.75 Å². The lowest BCUT2D eigenvalue weighted by molar-refractivity contribution is 0.488. The van der Waals surface area contributed by atoms with E-state index >= 15 is 0 Å². The molecule has 6 heteroatoms. The summed E-state index contributed by atoms with van der Waals surface area (Å²) in [6.45, 7) is 0. The number of nitrogens with two attached hydrogens (primary N) is 1. The third kappa shape index (κ3) is 3.27. The van der Waals surface area contributed by atoms with Crippen LogP contribution in [-0.4, -0.2) is 13.4 Å². The predicted molar refractivity (Wildman–Crippen MR) is 63.4 cm³/mol. The van der Waals surface area contributed by atoms with Gasteiger partial charge in [0.1, 0.15) is 5.75 Å². The van der Waals surface area contributed by atoms with Crippen LogP contribution in [0.2, 0.25) is 0 Å². The van der Waals surface area contributed by atoms with E-state index in [0.717, 1.165) is 11.1 Å². The van der Waals surface area contributed by atoms with Crippen molar-refractivity contribution in [2.45, 2.75) is 0 Å². The van der Waals surface area contributed by atoms with Crippen molar-refractivity contribution >= 4 is 10.3 Å². The van der Waals surface area contributed by atoms with Crippen molar-refractivity contribution in [2.75, 3.05) is 0 Å². The maximum atomic E-state index is 10.7. The SMILES string of the molecule is NS(=O)(=O)Oc1ccc(-c2cccnc2)cc1. The Labute approximate surface area is 99.1 Å². The molecule has 0 spiro atoms. The number of rotatable bonds is 3. The Balaban J connectivity index is 2.25. The number of pyridine rings is 1. The molecular weight excluding hydrogens is 240 g/mol. The molecule has 88 valence electrons. The number of aromatic nitrogens is 1. The maximum absolute atomic E-state index is 10.7. The van der Waals surface area contributed by atoms with Crippen molar-refractivity contribution in [3.63, 3.8) is 0 Å². The highest BCUT2D eigenvalue weighted by Gasteiger charge is 2.04. The smallest absolute Gasteiger partial charge is 0.371 e. The second-order valence-corrected chi connectivity index (χ2v) is 4.49. The molecule has 0 bridgehead atoms. The zero-order valence-electron chi connectivity index (χ0n) is 8.78. The molecule has 5 nitrogen and oxygen atoms in total. The van der Waals surface area contributed by atoms with Gasteiger partial charge >= 0.3 is 10.3 Å². The molecule has 0 saturated heterocycles. The van der Waals surface area contributed by atoms with Crippen molar-refractivity contribution in [1.82, 2.24) is 4.98 Å². The van der Waals surface area contributed by atoms with Gasteiger partial charge in [0.25, 0.3) is 0 Å². The average molecular weight is 250 g/mol. The Morgan fingerprint density at radius 3 is 2.29 bits per heavy atom. The normalized spacial score (nSPS) is 11.1. The van der Waals surface area contributed by atoms with Crippen molar-refractivity contribution < 1.29 is 12.6 Å². The monoisotopic (exact) mass is 250 g/mol. The quantitative estimate of drug-likeness (QED) is 0.890. The Kier molecular flexibility index (Phi) is 3.08.